The summed E-state index contributed by atoms with van der Waals surface area (Å²) in [6, 6.07) is 5.12. The summed E-state index contributed by atoms with van der Waals surface area (Å²) in [7, 11) is 0. The zero-order valence-electron chi connectivity index (χ0n) is 7.47. The molecule has 0 fully saturated rings. The van der Waals surface area contributed by atoms with E-state index in [9.17, 15) is 4.39 Å². The predicted molar refractivity (Wildman–Crippen MR) is 48.4 cm³/mol. The summed E-state index contributed by atoms with van der Waals surface area (Å²) >= 11 is 0. The van der Waals surface area contributed by atoms with Gasteiger partial charge in [-0.25, -0.2) is 4.39 Å². The van der Waals surface area contributed by atoms with E-state index in [4.69, 9.17) is 5.73 Å². The fourth-order valence-electron chi connectivity index (χ4n) is 1.11. The molecule has 1 nitrogen and oxygen atoms in total. The first-order valence-corrected chi connectivity index (χ1v) is 4.13. The summed E-state index contributed by atoms with van der Waals surface area (Å²) in [4.78, 5) is 0. The summed E-state index contributed by atoms with van der Waals surface area (Å²) in [5, 5.41) is 0. The molecule has 1 aromatic rings. The van der Waals surface area contributed by atoms with Crippen molar-refractivity contribution in [2.24, 2.45) is 5.73 Å². The molecule has 12 heavy (non-hydrogen) atoms. The van der Waals surface area contributed by atoms with Gasteiger partial charge in [0.25, 0.3) is 0 Å². The van der Waals surface area contributed by atoms with Gasteiger partial charge in [0.2, 0.25) is 0 Å². The molecule has 1 rings (SSSR count). The molecule has 0 saturated carbocycles. The second kappa shape index (κ2) is 3.68. The number of hydrogen-bond donors (Lipinski definition) is 1. The Morgan fingerprint density at radius 2 is 2.08 bits per heavy atom. The lowest BCUT2D eigenvalue weighted by Crippen LogP contribution is -2.01. The van der Waals surface area contributed by atoms with Crippen LogP contribution in [0.25, 0.3) is 0 Å². The van der Waals surface area contributed by atoms with Crippen LogP contribution in [-0.4, -0.2) is 0 Å². The van der Waals surface area contributed by atoms with Crippen LogP contribution < -0.4 is 5.73 Å². The summed E-state index contributed by atoms with van der Waals surface area (Å²) in [5.41, 5.74) is 7.11. The van der Waals surface area contributed by atoms with Crippen LogP contribution in [0.4, 0.5) is 4.39 Å². The van der Waals surface area contributed by atoms with Gasteiger partial charge in [-0.05, 0) is 17.5 Å². The predicted octanol–water partition coefficient (Wildman–Crippen LogP) is 2.41. The number of rotatable bonds is 2. The van der Waals surface area contributed by atoms with Gasteiger partial charge in [-0.2, -0.15) is 0 Å². The summed E-state index contributed by atoms with van der Waals surface area (Å²) in [5.74, 6) is 0.220. The van der Waals surface area contributed by atoms with E-state index in [-0.39, 0.29) is 12.4 Å². The van der Waals surface area contributed by atoms with Crippen molar-refractivity contribution >= 4 is 0 Å². The molecule has 0 aliphatic rings. The monoisotopic (exact) mass is 167 g/mol. The van der Waals surface area contributed by atoms with Crippen LogP contribution in [0.5, 0.6) is 0 Å². The van der Waals surface area contributed by atoms with E-state index in [1.807, 2.05) is 6.07 Å². The lowest BCUT2D eigenvalue weighted by atomic mass is 10.0. The van der Waals surface area contributed by atoms with Gasteiger partial charge < -0.3 is 5.73 Å². The molecule has 0 aliphatic carbocycles. The first-order valence-electron chi connectivity index (χ1n) is 4.13. The normalized spacial score (nSPS) is 10.8. The molecule has 66 valence electrons. The second-order valence-corrected chi connectivity index (χ2v) is 3.21. The van der Waals surface area contributed by atoms with Gasteiger partial charge in [-0.3, -0.25) is 0 Å². The quantitative estimate of drug-likeness (QED) is 0.719. The van der Waals surface area contributed by atoms with E-state index in [0.29, 0.717) is 11.5 Å². The van der Waals surface area contributed by atoms with Crippen molar-refractivity contribution in [2.45, 2.75) is 26.3 Å². The maximum absolute atomic E-state index is 13.0. The molecule has 0 amide bonds. The molecule has 0 atom stereocenters. The first kappa shape index (κ1) is 9.20. The second-order valence-electron chi connectivity index (χ2n) is 3.21. The third kappa shape index (κ3) is 1.83. The Balaban J connectivity index is 3.05. The standard InChI is InChI=1S/C10H14FN/c1-7(2)8-3-4-10(11)9(5-8)6-12/h3-5,7H,6,12H2,1-2H3. The third-order valence-corrected chi connectivity index (χ3v) is 1.96. The highest BCUT2D eigenvalue weighted by molar-refractivity contribution is 5.26. The molecular weight excluding hydrogens is 153 g/mol. The maximum atomic E-state index is 13.0. The van der Waals surface area contributed by atoms with Gasteiger partial charge >= 0.3 is 0 Å². The molecule has 0 spiro atoms. The highest BCUT2D eigenvalue weighted by atomic mass is 19.1. The fraction of sp³-hybridized carbons (Fsp3) is 0.400. The van der Waals surface area contributed by atoms with Crippen molar-refractivity contribution in [1.82, 2.24) is 0 Å². The van der Waals surface area contributed by atoms with Crippen LogP contribution in [0.15, 0.2) is 18.2 Å². The van der Waals surface area contributed by atoms with E-state index in [2.05, 4.69) is 13.8 Å². The molecule has 2 heteroatoms. The maximum Gasteiger partial charge on any atom is 0.127 e. The van der Waals surface area contributed by atoms with Gasteiger partial charge in [0, 0.05) is 12.1 Å². The van der Waals surface area contributed by atoms with E-state index < -0.39 is 0 Å². The highest BCUT2D eigenvalue weighted by Crippen LogP contribution is 2.17. The molecule has 0 radical (unpaired) electrons. The zero-order valence-corrected chi connectivity index (χ0v) is 7.47. The van der Waals surface area contributed by atoms with Gasteiger partial charge in [0.1, 0.15) is 5.82 Å². The molecule has 0 aromatic heterocycles. The highest BCUT2D eigenvalue weighted by Gasteiger charge is 2.03. The van der Waals surface area contributed by atoms with E-state index in [1.165, 1.54) is 6.07 Å². The Hall–Kier alpha value is -0.890. The molecule has 2 N–H and O–H groups in total. The van der Waals surface area contributed by atoms with Crippen molar-refractivity contribution in [3.63, 3.8) is 0 Å². The van der Waals surface area contributed by atoms with Gasteiger partial charge in [0.15, 0.2) is 0 Å². The Morgan fingerprint density at radius 3 is 2.58 bits per heavy atom. The Bertz CT molecular complexity index is 269. The van der Waals surface area contributed by atoms with Crippen LogP contribution >= 0.6 is 0 Å². The molecule has 0 aliphatic heterocycles. The Kier molecular flexibility index (Phi) is 2.82. The molecule has 0 heterocycles. The fourth-order valence-corrected chi connectivity index (χ4v) is 1.11. The lowest BCUT2D eigenvalue weighted by molar-refractivity contribution is 0.608. The molecular formula is C10H14FN. The summed E-state index contributed by atoms with van der Waals surface area (Å²) in [6.07, 6.45) is 0. The molecule has 0 saturated heterocycles. The number of hydrogen-bond acceptors (Lipinski definition) is 1. The Morgan fingerprint density at radius 1 is 1.42 bits per heavy atom. The van der Waals surface area contributed by atoms with E-state index in [1.54, 1.807) is 6.07 Å². The minimum atomic E-state index is -0.207. The average molecular weight is 167 g/mol. The molecule has 1 aromatic carbocycles. The largest absolute Gasteiger partial charge is 0.326 e. The SMILES string of the molecule is CC(C)c1ccc(F)c(CN)c1. The summed E-state index contributed by atoms with van der Waals surface area (Å²) in [6.45, 7) is 4.42. The van der Waals surface area contributed by atoms with Gasteiger partial charge in [-0.15, -0.1) is 0 Å². The van der Waals surface area contributed by atoms with Crippen LogP contribution in [0.2, 0.25) is 0 Å². The zero-order chi connectivity index (χ0) is 9.14. The lowest BCUT2D eigenvalue weighted by Gasteiger charge is -2.07. The van der Waals surface area contributed by atoms with Crippen molar-refractivity contribution < 1.29 is 4.39 Å². The van der Waals surface area contributed by atoms with Crippen molar-refractivity contribution in [2.75, 3.05) is 0 Å². The van der Waals surface area contributed by atoms with Crippen LogP contribution in [-0.2, 0) is 6.54 Å². The number of benzene rings is 1. The van der Waals surface area contributed by atoms with Crippen LogP contribution in [0, 0.1) is 5.82 Å². The summed E-state index contributed by atoms with van der Waals surface area (Å²) < 4.78 is 13.0. The molecule has 0 unspecified atom stereocenters. The minimum Gasteiger partial charge on any atom is -0.326 e. The smallest absolute Gasteiger partial charge is 0.127 e. The van der Waals surface area contributed by atoms with E-state index >= 15 is 0 Å². The topological polar surface area (TPSA) is 26.0 Å². The molecule has 0 bridgehead atoms. The van der Waals surface area contributed by atoms with Crippen LogP contribution in [0.1, 0.15) is 30.9 Å². The van der Waals surface area contributed by atoms with Crippen molar-refractivity contribution in [3.8, 4) is 0 Å². The van der Waals surface area contributed by atoms with Crippen molar-refractivity contribution in [3.05, 3.63) is 35.1 Å². The van der Waals surface area contributed by atoms with Gasteiger partial charge in [-0.1, -0.05) is 26.0 Å². The van der Waals surface area contributed by atoms with E-state index in [0.717, 1.165) is 5.56 Å². The average Bonchev–Trinajstić information content (AvgIpc) is 2.05. The van der Waals surface area contributed by atoms with Crippen LogP contribution in [0.3, 0.4) is 0 Å². The Labute approximate surface area is 72.4 Å². The number of nitrogens with two attached hydrogens (primary N) is 1. The first-order chi connectivity index (χ1) is 5.65. The minimum absolute atomic E-state index is 0.207. The van der Waals surface area contributed by atoms with Gasteiger partial charge in [0.05, 0.1) is 0 Å². The third-order valence-electron chi connectivity index (χ3n) is 1.96. The number of halogens is 1. The van der Waals surface area contributed by atoms with Crippen molar-refractivity contribution in [1.29, 1.82) is 0 Å².